The first-order chi connectivity index (χ1) is 8.11. The number of carbonyl (C=O) groups excluding carboxylic acids is 1. The highest BCUT2D eigenvalue weighted by Crippen LogP contribution is 2.01. The predicted octanol–water partition coefficient (Wildman–Crippen LogP) is 1.66. The zero-order chi connectivity index (χ0) is 13.1. The van der Waals surface area contributed by atoms with Gasteiger partial charge in [0.2, 0.25) is 0 Å². The number of nitrogens with one attached hydrogen (secondary N) is 1. The average molecular weight is 242 g/mol. The Balaban J connectivity index is 3.94. The molecule has 0 heterocycles. The van der Waals surface area contributed by atoms with Gasteiger partial charge < -0.3 is 15.2 Å². The third kappa shape index (κ3) is 8.08. The van der Waals surface area contributed by atoms with Gasteiger partial charge in [-0.1, -0.05) is 13.3 Å². The molecular weight excluding hydrogens is 224 g/mol. The van der Waals surface area contributed by atoms with Gasteiger partial charge in [0.05, 0.1) is 12.7 Å². The van der Waals surface area contributed by atoms with E-state index in [1.165, 1.54) is 0 Å². The quantitative estimate of drug-likeness (QED) is 0.630. The first-order valence-corrected chi connectivity index (χ1v) is 5.64. The molecule has 0 bridgehead atoms. The first-order valence-electron chi connectivity index (χ1n) is 5.64. The molecule has 0 fully saturated rings. The maximum Gasteiger partial charge on any atom is 0.407 e. The van der Waals surface area contributed by atoms with Crippen LogP contribution in [0.25, 0.3) is 0 Å². The lowest BCUT2D eigenvalue weighted by atomic mass is 10.1. The smallest absolute Gasteiger partial charge is 0.407 e. The lowest BCUT2D eigenvalue weighted by molar-refractivity contribution is -0.139. The Bertz CT molecular complexity index is 286. The molecule has 0 rings (SSSR count). The van der Waals surface area contributed by atoms with Crippen LogP contribution >= 0.6 is 0 Å². The van der Waals surface area contributed by atoms with Gasteiger partial charge in [-0.2, -0.15) is 5.26 Å². The minimum Gasteiger partial charge on any atom is -0.480 e. The summed E-state index contributed by atoms with van der Waals surface area (Å²) < 4.78 is 4.79. The van der Waals surface area contributed by atoms with Gasteiger partial charge in [0, 0.05) is 6.42 Å². The monoisotopic (exact) mass is 242 g/mol. The van der Waals surface area contributed by atoms with E-state index in [2.05, 4.69) is 5.32 Å². The number of carbonyl (C=O) groups is 2. The van der Waals surface area contributed by atoms with Crippen LogP contribution in [-0.4, -0.2) is 29.8 Å². The summed E-state index contributed by atoms with van der Waals surface area (Å²) in [4.78, 5) is 22.0. The van der Waals surface area contributed by atoms with Crippen molar-refractivity contribution in [2.45, 2.75) is 45.1 Å². The normalized spacial score (nSPS) is 11.3. The molecule has 1 atom stereocenters. The van der Waals surface area contributed by atoms with Crippen LogP contribution in [0.3, 0.4) is 0 Å². The van der Waals surface area contributed by atoms with E-state index in [4.69, 9.17) is 15.1 Å². The summed E-state index contributed by atoms with van der Waals surface area (Å²) in [6, 6.07) is 0.932. The molecule has 6 heteroatoms. The van der Waals surface area contributed by atoms with Gasteiger partial charge in [-0.25, -0.2) is 9.59 Å². The van der Waals surface area contributed by atoms with E-state index in [0.29, 0.717) is 6.42 Å². The zero-order valence-electron chi connectivity index (χ0n) is 9.94. The Labute approximate surface area is 101 Å². The number of nitriles is 1. The standard InChI is InChI=1S/C11H18N2O4/c1-2-3-8-17-11(16)13-9(10(14)15)6-4-5-7-12/h9H,2-6,8H2,1H3,(H,13,16)(H,14,15)/t9-/m1/s1. The summed E-state index contributed by atoms with van der Waals surface area (Å²) in [7, 11) is 0. The second-order valence-corrected chi connectivity index (χ2v) is 3.57. The number of unbranched alkanes of at least 4 members (excludes halogenated alkanes) is 2. The second kappa shape index (κ2) is 9.46. The van der Waals surface area contributed by atoms with Gasteiger partial charge in [-0.05, 0) is 19.3 Å². The van der Waals surface area contributed by atoms with Crippen molar-refractivity contribution >= 4 is 12.1 Å². The summed E-state index contributed by atoms with van der Waals surface area (Å²) in [6.07, 6.45) is 1.87. The lowest BCUT2D eigenvalue weighted by Gasteiger charge is -2.13. The van der Waals surface area contributed by atoms with Gasteiger partial charge >= 0.3 is 12.1 Å². The largest absolute Gasteiger partial charge is 0.480 e. The maximum atomic E-state index is 11.2. The van der Waals surface area contributed by atoms with E-state index in [1.54, 1.807) is 0 Å². The van der Waals surface area contributed by atoms with E-state index in [0.717, 1.165) is 12.8 Å². The van der Waals surface area contributed by atoms with Crippen molar-refractivity contribution in [2.75, 3.05) is 6.61 Å². The lowest BCUT2D eigenvalue weighted by Crippen LogP contribution is -2.41. The summed E-state index contributed by atoms with van der Waals surface area (Å²) in [5.74, 6) is -1.12. The SMILES string of the molecule is CCCCOC(=O)N[C@H](CCCC#N)C(=O)O. The number of amides is 1. The topological polar surface area (TPSA) is 99.4 Å². The molecule has 1 amide bonds. The molecule has 0 radical (unpaired) electrons. The molecule has 0 aromatic rings. The number of hydrogen-bond acceptors (Lipinski definition) is 4. The van der Waals surface area contributed by atoms with Gasteiger partial charge in [-0.3, -0.25) is 0 Å². The number of ether oxygens (including phenoxy) is 1. The minimum absolute atomic E-state index is 0.228. The fourth-order valence-electron chi connectivity index (χ4n) is 1.14. The van der Waals surface area contributed by atoms with Crippen LogP contribution in [0.2, 0.25) is 0 Å². The van der Waals surface area contributed by atoms with Crippen molar-refractivity contribution in [2.24, 2.45) is 0 Å². The number of hydrogen-bond donors (Lipinski definition) is 2. The molecule has 6 nitrogen and oxygen atoms in total. The number of carboxylic acid groups (broad SMARTS) is 1. The van der Waals surface area contributed by atoms with Gasteiger partial charge in [0.25, 0.3) is 0 Å². The van der Waals surface area contributed by atoms with E-state index in [-0.39, 0.29) is 19.4 Å². The first kappa shape index (κ1) is 15.2. The third-order valence-corrected chi connectivity index (χ3v) is 2.10. The molecule has 96 valence electrons. The highest BCUT2D eigenvalue weighted by atomic mass is 16.5. The van der Waals surface area contributed by atoms with Crippen LogP contribution in [0.4, 0.5) is 4.79 Å². The van der Waals surface area contributed by atoms with Crippen molar-refractivity contribution < 1.29 is 19.4 Å². The van der Waals surface area contributed by atoms with Crippen molar-refractivity contribution in [3.05, 3.63) is 0 Å². The Kier molecular flexibility index (Phi) is 8.47. The molecule has 0 saturated heterocycles. The fraction of sp³-hybridized carbons (Fsp3) is 0.727. The van der Waals surface area contributed by atoms with Crippen LogP contribution in [0.5, 0.6) is 0 Å². The third-order valence-electron chi connectivity index (χ3n) is 2.10. The Morgan fingerprint density at radius 2 is 2.18 bits per heavy atom. The Morgan fingerprint density at radius 3 is 2.71 bits per heavy atom. The number of rotatable bonds is 8. The number of alkyl carbamates (subject to hydrolysis) is 1. The highest BCUT2D eigenvalue weighted by molar-refractivity contribution is 5.79. The van der Waals surface area contributed by atoms with Crippen LogP contribution < -0.4 is 5.32 Å². The van der Waals surface area contributed by atoms with Crippen molar-refractivity contribution in [1.29, 1.82) is 5.26 Å². The number of aliphatic carboxylic acids is 1. The summed E-state index contributed by atoms with van der Waals surface area (Å²) in [6.45, 7) is 2.25. The molecular formula is C11H18N2O4. The van der Waals surface area contributed by atoms with E-state index in [9.17, 15) is 9.59 Å². The molecule has 0 spiro atoms. The van der Waals surface area contributed by atoms with E-state index in [1.807, 2.05) is 13.0 Å². The van der Waals surface area contributed by atoms with Crippen LogP contribution in [-0.2, 0) is 9.53 Å². The van der Waals surface area contributed by atoms with Gasteiger partial charge in [-0.15, -0.1) is 0 Å². The van der Waals surface area contributed by atoms with E-state index >= 15 is 0 Å². The molecule has 2 N–H and O–H groups in total. The van der Waals surface area contributed by atoms with Crippen LogP contribution in [0, 0.1) is 11.3 Å². The van der Waals surface area contributed by atoms with E-state index < -0.39 is 18.1 Å². The minimum atomic E-state index is -1.12. The summed E-state index contributed by atoms with van der Waals surface area (Å²) >= 11 is 0. The average Bonchev–Trinajstić information content (AvgIpc) is 2.28. The summed E-state index contributed by atoms with van der Waals surface area (Å²) in [5, 5.41) is 19.4. The molecule has 0 unspecified atom stereocenters. The fourth-order valence-corrected chi connectivity index (χ4v) is 1.14. The Hall–Kier alpha value is -1.77. The second-order valence-electron chi connectivity index (χ2n) is 3.57. The maximum absolute atomic E-state index is 11.2. The number of nitrogens with zero attached hydrogens (tertiary/aromatic N) is 1. The van der Waals surface area contributed by atoms with Crippen LogP contribution in [0.15, 0.2) is 0 Å². The Morgan fingerprint density at radius 1 is 1.47 bits per heavy atom. The molecule has 17 heavy (non-hydrogen) atoms. The molecule has 0 aliphatic heterocycles. The van der Waals surface area contributed by atoms with Crippen molar-refractivity contribution in [1.82, 2.24) is 5.32 Å². The molecule has 0 saturated carbocycles. The van der Waals surface area contributed by atoms with Crippen molar-refractivity contribution in [3.63, 3.8) is 0 Å². The molecule has 0 aromatic heterocycles. The van der Waals surface area contributed by atoms with Crippen molar-refractivity contribution in [3.8, 4) is 6.07 Å². The zero-order valence-corrected chi connectivity index (χ0v) is 9.94. The molecule has 0 aromatic carbocycles. The van der Waals surface area contributed by atoms with Gasteiger partial charge in [0.1, 0.15) is 6.04 Å². The number of carboxylic acids is 1. The van der Waals surface area contributed by atoms with Gasteiger partial charge in [0.15, 0.2) is 0 Å². The predicted molar refractivity (Wildman–Crippen MR) is 60.3 cm³/mol. The highest BCUT2D eigenvalue weighted by Gasteiger charge is 2.19. The van der Waals surface area contributed by atoms with Crippen LogP contribution in [0.1, 0.15) is 39.0 Å². The molecule has 0 aliphatic rings. The molecule has 0 aliphatic carbocycles. The summed E-state index contributed by atoms with van der Waals surface area (Å²) in [5.41, 5.74) is 0.